The predicted octanol–water partition coefficient (Wildman–Crippen LogP) is 3.84. The summed E-state index contributed by atoms with van der Waals surface area (Å²) in [6.45, 7) is 0.674. The van der Waals surface area contributed by atoms with E-state index in [0.717, 1.165) is 22.2 Å². The molecule has 1 amide bonds. The minimum absolute atomic E-state index is 0.0140. The van der Waals surface area contributed by atoms with Crippen molar-refractivity contribution in [2.24, 2.45) is 0 Å². The fraction of sp³-hybridized carbons (Fsp3) is 0.158. The zero-order valence-electron chi connectivity index (χ0n) is 12.9. The summed E-state index contributed by atoms with van der Waals surface area (Å²) in [6, 6.07) is 17.8. The van der Waals surface area contributed by atoms with Gasteiger partial charge in [0.15, 0.2) is 0 Å². The molecular weight excluding hydrogens is 304 g/mol. The van der Waals surface area contributed by atoms with Crippen LogP contribution in [0.1, 0.15) is 15.9 Å². The zero-order chi connectivity index (χ0) is 16.2. The lowest BCUT2D eigenvalue weighted by Gasteiger charge is -2.17. The molecule has 0 bridgehead atoms. The molecule has 0 saturated carbocycles. The average molecular weight is 322 g/mol. The monoisotopic (exact) mass is 322 g/mol. The Morgan fingerprint density at radius 3 is 2.70 bits per heavy atom. The van der Waals surface area contributed by atoms with Crippen LogP contribution in [0.15, 0.2) is 65.7 Å². The van der Waals surface area contributed by atoms with Gasteiger partial charge < -0.3 is 4.90 Å². The van der Waals surface area contributed by atoms with Gasteiger partial charge in [0, 0.05) is 30.1 Å². The van der Waals surface area contributed by atoms with Gasteiger partial charge in [-0.2, -0.15) is 0 Å². The highest BCUT2D eigenvalue weighted by molar-refractivity contribution is 7.80. The van der Waals surface area contributed by atoms with Crippen LogP contribution in [0.4, 0.5) is 0 Å². The number of fused-ring (bicyclic) bond motifs is 1. The van der Waals surface area contributed by atoms with Crippen LogP contribution in [0.25, 0.3) is 10.9 Å². The topological polar surface area (TPSA) is 33.2 Å². The Bertz CT molecular complexity index is 833. The van der Waals surface area contributed by atoms with Crippen LogP contribution < -0.4 is 0 Å². The maximum absolute atomic E-state index is 12.6. The maximum atomic E-state index is 12.6. The molecule has 3 aromatic rings. The van der Waals surface area contributed by atoms with E-state index < -0.39 is 0 Å². The highest BCUT2D eigenvalue weighted by atomic mass is 32.1. The number of amides is 1. The van der Waals surface area contributed by atoms with Gasteiger partial charge in [0.25, 0.3) is 5.91 Å². The highest BCUT2D eigenvalue weighted by Gasteiger charge is 2.13. The Kier molecular flexibility index (Phi) is 4.63. The van der Waals surface area contributed by atoms with E-state index in [1.807, 2.05) is 49.5 Å². The van der Waals surface area contributed by atoms with Crippen LogP contribution in [-0.2, 0) is 6.42 Å². The maximum Gasteiger partial charge on any atom is 0.255 e. The van der Waals surface area contributed by atoms with E-state index in [-0.39, 0.29) is 5.91 Å². The first kappa shape index (κ1) is 15.6. The second-order valence-corrected chi connectivity index (χ2v) is 6.02. The molecule has 3 rings (SSSR count). The van der Waals surface area contributed by atoms with Crippen LogP contribution in [0, 0.1) is 0 Å². The first-order chi connectivity index (χ1) is 11.1. The van der Waals surface area contributed by atoms with Crippen molar-refractivity contribution in [3.05, 3.63) is 71.9 Å². The summed E-state index contributed by atoms with van der Waals surface area (Å²) in [6.07, 6.45) is 2.47. The molecule has 0 aliphatic heterocycles. The van der Waals surface area contributed by atoms with Crippen molar-refractivity contribution in [3.63, 3.8) is 0 Å². The van der Waals surface area contributed by atoms with Crippen molar-refractivity contribution in [2.45, 2.75) is 11.3 Å². The second-order valence-electron chi connectivity index (χ2n) is 5.54. The van der Waals surface area contributed by atoms with Crippen LogP contribution in [-0.4, -0.2) is 29.4 Å². The Morgan fingerprint density at radius 2 is 1.91 bits per heavy atom. The normalized spacial score (nSPS) is 10.7. The van der Waals surface area contributed by atoms with Crippen molar-refractivity contribution in [3.8, 4) is 0 Å². The van der Waals surface area contributed by atoms with Crippen LogP contribution in [0.5, 0.6) is 0 Å². The molecule has 0 fully saturated rings. The first-order valence-corrected chi connectivity index (χ1v) is 7.97. The quantitative estimate of drug-likeness (QED) is 0.740. The second kappa shape index (κ2) is 6.84. The van der Waals surface area contributed by atoms with Crippen molar-refractivity contribution >= 4 is 29.4 Å². The van der Waals surface area contributed by atoms with E-state index in [1.54, 1.807) is 11.1 Å². The Balaban J connectivity index is 1.74. The fourth-order valence-corrected chi connectivity index (χ4v) is 2.80. The van der Waals surface area contributed by atoms with E-state index in [9.17, 15) is 4.79 Å². The minimum Gasteiger partial charge on any atom is -0.341 e. The molecule has 0 saturated heterocycles. The molecule has 23 heavy (non-hydrogen) atoms. The van der Waals surface area contributed by atoms with E-state index >= 15 is 0 Å². The molecule has 3 nitrogen and oxygen atoms in total. The highest BCUT2D eigenvalue weighted by Crippen LogP contribution is 2.20. The summed E-state index contributed by atoms with van der Waals surface area (Å²) < 4.78 is 0. The SMILES string of the molecule is CN(CCc1ccccc1)C(=O)c1cnc2c(S)cccc2c1. The molecule has 0 aliphatic carbocycles. The minimum atomic E-state index is -0.0140. The standard InChI is InChI=1S/C19H18N2OS/c1-21(11-10-14-6-3-2-4-7-14)19(22)16-12-15-8-5-9-17(23)18(15)20-13-16/h2-9,12-13,23H,10-11H2,1H3. The van der Waals surface area contributed by atoms with Gasteiger partial charge in [-0.3, -0.25) is 9.78 Å². The number of carbonyl (C=O) groups excluding carboxylic acids is 1. The lowest BCUT2D eigenvalue weighted by molar-refractivity contribution is 0.0796. The van der Waals surface area contributed by atoms with Crippen LogP contribution >= 0.6 is 12.6 Å². The summed E-state index contributed by atoms with van der Waals surface area (Å²) in [5.41, 5.74) is 2.65. The first-order valence-electron chi connectivity index (χ1n) is 7.52. The van der Waals surface area contributed by atoms with Crippen molar-refractivity contribution < 1.29 is 4.79 Å². The fourth-order valence-electron chi connectivity index (χ4n) is 2.53. The van der Waals surface area contributed by atoms with Gasteiger partial charge in [0.05, 0.1) is 11.1 Å². The van der Waals surface area contributed by atoms with Gasteiger partial charge in [-0.05, 0) is 24.1 Å². The lowest BCUT2D eigenvalue weighted by Crippen LogP contribution is -2.28. The third-order valence-electron chi connectivity index (χ3n) is 3.86. The molecular formula is C19H18N2OS. The van der Waals surface area contributed by atoms with Gasteiger partial charge in [-0.15, -0.1) is 12.6 Å². The Morgan fingerprint density at radius 1 is 1.13 bits per heavy atom. The number of hydrogen-bond donors (Lipinski definition) is 1. The third-order valence-corrected chi connectivity index (χ3v) is 4.22. The van der Waals surface area contributed by atoms with E-state index in [0.29, 0.717) is 12.1 Å². The number of benzene rings is 2. The number of rotatable bonds is 4. The number of aromatic nitrogens is 1. The van der Waals surface area contributed by atoms with Crippen molar-refractivity contribution in [1.82, 2.24) is 9.88 Å². The van der Waals surface area contributed by atoms with Gasteiger partial charge in [-0.25, -0.2) is 0 Å². The number of likely N-dealkylation sites (N-methyl/N-ethyl adjacent to an activating group) is 1. The van der Waals surface area contributed by atoms with Gasteiger partial charge in [0.1, 0.15) is 0 Å². The molecule has 0 unspecified atom stereocenters. The van der Waals surface area contributed by atoms with Crippen molar-refractivity contribution in [2.75, 3.05) is 13.6 Å². The van der Waals surface area contributed by atoms with E-state index in [1.165, 1.54) is 5.56 Å². The van der Waals surface area contributed by atoms with Gasteiger partial charge in [-0.1, -0.05) is 42.5 Å². The third kappa shape index (κ3) is 3.54. The molecule has 0 aliphatic rings. The number of pyridine rings is 1. The molecule has 116 valence electrons. The molecule has 1 aromatic heterocycles. The number of para-hydroxylation sites is 1. The molecule has 0 radical (unpaired) electrons. The van der Waals surface area contributed by atoms with Crippen LogP contribution in [0.2, 0.25) is 0 Å². The number of nitrogens with zero attached hydrogens (tertiary/aromatic N) is 2. The zero-order valence-corrected chi connectivity index (χ0v) is 13.8. The van der Waals surface area contributed by atoms with Gasteiger partial charge in [0.2, 0.25) is 0 Å². The molecule has 1 heterocycles. The van der Waals surface area contributed by atoms with Crippen LogP contribution in [0.3, 0.4) is 0 Å². The van der Waals surface area contributed by atoms with Gasteiger partial charge >= 0.3 is 0 Å². The largest absolute Gasteiger partial charge is 0.341 e. The molecule has 0 spiro atoms. The van der Waals surface area contributed by atoms with E-state index in [4.69, 9.17) is 0 Å². The summed E-state index contributed by atoms with van der Waals surface area (Å²) in [4.78, 5) is 19.5. The number of carbonyl (C=O) groups is 1. The molecule has 4 heteroatoms. The average Bonchev–Trinajstić information content (AvgIpc) is 2.60. The summed E-state index contributed by atoms with van der Waals surface area (Å²) >= 11 is 4.39. The Labute approximate surface area is 141 Å². The summed E-state index contributed by atoms with van der Waals surface area (Å²) in [5, 5.41) is 0.930. The predicted molar refractivity (Wildman–Crippen MR) is 96.1 cm³/mol. The molecule has 0 atom stereocenters. The lowest BCUT2D eigenvalue weighted by atomic mass is 10.1. The summed E-state index contributed by atoms with van der Waals surface area (Å²) in [7, 11) is 1.82. The molecule has 2 aromatic carbocycles. The molecule has 0 N–H and O–H groups in total. The Hall–Kier alpha value is -2.33. The summed E-state index contributed by atoms with van der Waals surface area (Å²) in [5.74, 6) is -0.0140. The number of thiol groups is 1. The van der Waals surface area contributed by atoms with E-state index in [2.05, 4.69) is 29.7 Å². The number of hydrogen-bond acceptors (Lipinski definition) is 3. The van der Waals surface area contributed by atoms with Crippen molar-refractivity contribution in [1.29, 1.82) is 0 Å². The smallest absolute Gasteiger partial charge is 0.255 e.